The SMILES string of the molecule is CC/C=C\C/C=C\C/C=C\C/C=C\C/C=C\CCCCCCCCCC(=O)OCC(O)COP(=O)(O)OCC(NC(=O)CCCCCCCCCCCCCCCCCCCCC)C(=O)O. The van der Waals surface area contributed by atoms with E-state index >= 15 is 0 Å². The maximum atomic E-state index is 12.4. The Morgan fingerprint density at radius 3 is 1.32 bits per heavy atom. The number of aliphatic carboxylic acids is 1. The number of carboxylic acids is 1. The van der Waals surface area contributed by atoms with Crippen LogP contribution < -0.4 is 5.32 Å². The summed E-state index contributed by atoms with van der Waals surface area (Å²) in [7, 11) is -4.77. The van der Waals surface area contributed by atoms with Gasteiger partial charge in [-0.1, -0.05) is 222 Å². The van der Waals surface area contributed by atoms with Gasteiger partial charge in [-0.2, -0.15) is 0 Å². The predicted octanol–water partition coefficient (Wildman–Crippen LogP) is 14.7. The molecule has 12 heteroatoms. The molecule has 3 atom stereocenters. The summed E-state index contributed by atoms with van der Waals surface area (Å²) in [6.07, 6.45) is 58.1. The van der Waals surface area contributed by atoms with Crippen LogP contribution in [0.5, 0.6) is 0 Å². The van der Waals surface area contributed by atoms with Gasteiger partial charge in [0.05, 0.1) is 13.2 Å². The van der Waals surface area contributed by atoms with E-state index in [-0.39, 0.29) is 12.8 Å². The largest absolute Gasteiger partial charge is 0.480 e. The van der Waals surface area contributed by atoms with E-state index in [1.54, 1.807) is 0 Å². The first-order chi connectivity index (χ1) is 32.1. The summed E-state index contributed by atoms with van der Waals surface area (Å²) < 4.78 is 27.0. The fraction of sp³-hybridized carbons (Fsp3) is 0.759. The molecular weight excluding hydrogens is 854 g/mol. The third-order valence-electron chi connectivity index (χ3n) is 11.3. The number of ether oxygens (including phenoxy) is 1. The van der Waals surface area contributed by atoms with Crippen LogP contribution in [0.25, 0.3) is 0 Å². The molecule has 0 aliphatic heterocycles. The Labute approximate surface area is 402 Å². The van der Waals surface area contributed by atoms with Crippen molar-refractivity contribution in [1.82, 2.24) is 5.32 Å². The Kier molecular flexibility index (Phi) is 46.6. The second-order valence-electron chi connectivity index (χ2n) is 17.7. The lowest BCUT2D eigenvalue weighted by atomic mass is 10.0. The van der Waals surface area contributed by atoms with Crippen molar-refractivity contribution in [3.8, 4) is 0 Å². The van der Waals surface area contributed by atoms with Crippen molar-refractivity contribution < 1.29 is 47.8 Å². The van der Waals surface area contributed by atoms with E-state index in [0.29, 0.717) is 12.8 Å². The molecule has 0 aromatic rings. The smallest absolute Gasteiger partial charge is 0.472 e. The van der Waals surface area contributed by atoms with Gasteiger partial charge in [-0.05, 0) is 57.8 Å². The van der Waals surface area contributed by atoms with E-state index in [9.17, 15) is 34.1 Å². The van der Waals surface area contributed by atoms with E-state index in [0.717, 1.165) is 83.5 Å². The highest BCUT2D eigenvalue weighted by molar-refractivity contribution is 7.47. The highest BCUT2D eigenvalue weighted by Gasteiger charge is 2.28. The lowest BCUT2D eigenvalue weighted by Crippen LogP contribution is -2.43. The zero-order valence-corrected chi connectivity index (χ0v) is 42.6. The number of amides is 1. The second kappa shape index (κ2) is 48.6. The van der Waals surface area contributed by atoms with Gasteiger partial charge in [-0.15, -0.1) is 0 Å². The quantitative estimate of drug-likeness (QED) is 0.0199. The molecule has 0 aliphatic rings. The topological polar surface area (TPSA) is 169 Å². The van der Waals surface area contributed by atoms with Crippen molar-refractivity contribution in [3.63, 3.8) is 0 Å². The molecule has 0 aromatic carbocycles. The molecule has 0 fully saturated rings. The molecule has 0 radical (unpaired) electrons. The summed E-state index contributed by atoms with van der Waals surface area (Å²) in [6.45, 7) is 2.50. The molecule has 0 rings (SSSR count). The summed E-state index contributed by atoms with van der Waals surface area (Å²) in [5.74, 6) is -2.38. The molecule has 4 N–H and O–H groups in total. The minimum absolute atomic E-state index is 0.147. The molecule has 0 aliphatic carbocycles. The number of hydrogen-bond donors (Lipinski definition) is 4. The number of hydrogen-bond acceptors (Lipinski definition) is 8. The average Bonchev–Trinajstić information content (AvgIpc) is 3.29. The number of rotatable bonds is 49. The lowest BCUT2D eigenvalue weighted by molar-refractivity contribution is -0.147. The monoisotopic (exact) mass is 950 g/mol. The zero-order valence-electron chi connectivity index (χ0n) is 41.7. The molecule has 0 aromatic heterocycles. The van der Waals surface area contributed by atoms with Gasteiger partial charge in [-0.3, -0.25) is 18.6 Å². The van der Waals surface area contributed by atoms with E-state index in [1.165, 1.54) is 109 Å². The number of nitrogens with one attached hydrogen (secondary N) is 1. The van der Waals surface area contributed by atoms with Gasteiger partial charge in [0.25, 0.3) is 0 Å². The number of aliphatic hydroxyl groups is 1. The van der Waals surface area contributed by atoms with E-state index in [1.807, 2.05) is 0 Å². The number of unbranched alkanes of at least 4 members (excludes halogenated alkanes) is 25. The predicted molar refractivity (Wildman–Crippen MR) is 272 cm³/mol. The summed E-state index contributed by atoms with van der Waals surface area (Å²) in [4.78, 5) is 46.2. The molecule has 0 bridgehead atoms. The van der Waals surface area contributed by atoms with Crippen LogP contribution in [0.4, 0.5) is 0 Å². The van der Waals surface area contributed by atoms with Crippen molar-refractivity contribution >= 4 is 25.7 Å². The molecule has 66 heavy (non-hydrogen) atoms. The van der Waals surface area contributed by atoms with Gasteiger partial charge in [0, 0.05) is 12.8 Å². The van der Waals surface area contributed by atoms with Crippen LogP contribution in [0.15, 0.2) is 60.8 Å². The van der Waals surface area contributed by atoms with Crippen LogP contribution in [0.3, 0.4) is 0 Å². The average molecular weight is 950 g/mol. The number of aliphatic hydroxyl groups excluding tert-OH is 1. The van der Waals surface area contributed by atoms with Crippen LogP contribution in [0.1, 0.15) is 232 Å². The Morgan fingerprint density at radius 1 is 0.500 bits per heavy atom. The van der Waals surface area contributed by atoms with E-state index in [4.69, 9.17) is 13.8 Å². The first kappa shape index (κ1) is 63.2. The highest BCUT2D eigenvalue weighted by atomic mass is 31.2. The normalized spacial score (nSPS) is 14.0. The van der Waals surface area contributed by atoms with Crippen LogP contribution in [0.2, 0.25) is 0 Å². The van der Waals surface area contributed by atoms with Crippen molar-refractivity contribution in [1.29, 1.82) is 0 Å². The molecule has 3 unspecified atom stereocenters. The van der Waals surface area contributed by atoms with Crippen molar-refractivity contribution in [2.45, 2.75) is 244 Å². The highest BCUT2D eigenvalue weighted by Crippen LogP contribution is 2.43. The maximum absolute atomic E-state index is 12.4. The minimum atomic E-state index is -4.77. The van der Waals surface area contributed by atoms with Crippen molar-refractivity contribution in [2.75, 3.05) is 19.8 Å². The third-order valence-corrected chi connectivity index (χ3v) is 12.3. The van der Waals surface area contributed by atoms with Crippen LogP contribution in [0, 0.1) is 0 Å². The number of carboxylic acid groups (broad SMARTS) is 1. The molecule has 1 amide bonds. The summed E-state index contributed by atoms with van der Waals surface area (Å²) in [5, 5.41) is 21.9. The molecule has 0 spiro atoms. The Hall–Kier alpha value is -2.82. The molecule has 0 heterocycles. The number of carbonyl (C=O) groups is 3. The van der Waals surface area contributed by atoms with Crippen LogP contribution >= 0.6 is 7.82 Å². The number of allylic oxidation sites excluding steroid dienone is 10. The number of esters is 1. The Bertz CT molecular complexity index is 1350. The van der Waals surface area contributed by atoms with Gasteiger partial charge < -0.3 is 25.2 Å². The molecule has 382 valence electrons. The molecular formula is C54H96NO10P. The lowest BCUT2D eigenvalue weighted by Gasteiger charge is -2.18. The first-order valence-electron chi connectivity index (χ1n) is 26.3. The maximum Gasteiger partial charge on any atom is 0.472 e. The number of carbonyl (C=O) groups excluding carboxylic acids is 2. The molecule has 0 saturated carbocycles. The van der Waals surface area contributed by atoms with Crippen LogP contribution in [-0.2, 0) is 32.7 Å². The summed E-state index contributed by atoms with van der Waals surface area (Å²) >= 11 is 0. The number of phosphoric acid groups is 1. The van der Waals surface area contributed by atoms with Crippen molar-refractivity contribution in [2.24, 2.45) is 0 Å². The summed E-state index contributed by atoms with van der Waals surface area (Å²) in [5.41, 5.74) is 0. The van der Waals surface area contributed by atoms with E-state index in [2.05, 4.69) is 79.9 Å². The fourth-order valence-electron chi connectivity index (χ4n) is 7.28. The van der Waals surface area contributed by atoms with Gasteiger partial charge in [-0.25, -0.2) is 9.36 Å². The van der Waals surface area contributed by atoms with Crippen LogP contribution in [-0.4, -0.2) is 64.9 Å². The van der Waals surface area contributed by atoms with Gasteiger partial charge in [0.2, 0.25) is 5.91 Å². The standard InChI is InChI=1S/C54H96NO10P/c1-3-5-7-9-11-13-15-17-19-21-23-24-25-26-28-30-32-34-36-38-40-42-44-46-53(58)63-47-50(56)48-64-66(61,62)65-49-51(54(59)60)55-52(57)45-43-41-39-37-35-33-31-29-27-22-20-18-16-14-12-10-8-6-4-2/h5,7,11,13,17,19,23-24,26,28,50-51,56H,3-4,6,8-10,12,14-16,18,20-22,25,27,29-49H2,1-2H3,(H,55,57)(H,59,60)(H,61,62)/b7-5-,13-11-,19-17-,24-23-,28-26-. The minimum Gasteiger partial charge on any atom is -0.480 e. The van der Waals surface area contributed by atoms with Gasteiger partial charge >= 0.3 is 19.8 Å². The summed E-state index contributed by atoms with van der Waals surface area (Å²) in [6, 6.07) is -1.55. The number of phosphoric ester groups is 1. The van der Waals surface area contributed by atoms with Gasteiger partial charge in [0.15, 0.2) is 6.04 Å². The van der Waals surface area contributed by atoms with Gasteiger partial charge in [0.1, 0.15) is 12.7 Å². The van der Waals surface area contributed by atoms with Crippen molar-refractivity contribution in [3.05, 3.63) is 60.8 Å². The molecule has 0 saturated heterocycles. The fourth-order valence-corrected chi connectivity index (χ4v) is 8.06. The Balaban J connectivity index is 3.83. The first-order valence-corrected chi connectivity index (χ1v) is 27.8. The second-order valence-corrected chi connectivity index (χ2v) is 19.1. The molecule has 11 nitrogen and oxygen atoms in total. The third kappa shape index (κ3) is 47.7. The Morgan fingerprint density at radius 2 is 0.879 bits per heavy atom. The zero-order chi connectivity index (χ0) is 48.4. The van der Waals surface area contributed by atoms with E-state index < -0.39 is 57.6 Å².